The molecule has 1 heterocycles. The topological polar surface area (TPSA) is 224 Å². The normalized spacial score (nSPS) is 15.1. The van der Waals surface area contributed by atoms with Crippen LogP contribution in [0.1, 0.15) is 11.7 Å². The van der Waals surface area contributed by atoms with Crippen molar-refractivity contribution in [1.29, 1.82) is 0 Å². The predicted octanol–water partition coefficient (Wildman–Crippen LogP) is -2.25. The highest BCUT2D eigenvalue weighted by atomic mass is 32.2. The summed E-state index contributed by atoms with van der Waals surface area (Å²) in [5.74, 6) is -0.937. The molecule has 0 spiro atoms. The molecule has 0 saturated carbocycles. The van der Waals surface area contributed by atoms with Crippen molar-refractivity contribution < 1.29 is 21.6 Å². The van der Waals surface area contributed by atoms with E-state index in [9.17, 15) is 21.6 Å². The second kappa shape index (κ2) is 9.57. The van der Waals surface area contributed by atoms with E-state index in [2.05, 4.69) is 27.2 Å². The minimum Gasteiger partial charge on any atom is -0.329 e. The lowest BCUT2D eigenvalue weighted by Gasteiger charge is -2.22. The fraction of sp³-hybridized carbons (Fsp3) is 0.235. The Hall–Kier alpha value is -2.47. The Kier molecular flexibility index (Phi) is 7.23. The summed E-state index contributed by atoms with van der Waals surface area (Å²) in [6.45, 7) is -0.472. The van der Waals surface area contributed by atoms with Gasteiger partial charge in [-0.2, -0.15) is 11.1 Å². The van der Waals surface area contributed by atoms with Crippen LogP contribution >= 0.6 is 0 Å². The molecule has 2 aromatic carbocycles. The summed E-state index contributed by atoms with van der Waals surface area (Å²) in [4.78, 5) is 10.8. The molecular formula is C17H24N8O5S2. The third-order valence-electron chi connectivity index (χ3n) is 4.63. The number of hydrogen-bond donors (Lipinski definition) is 8. The van der Waals surface area contributed by atoms with Crippen molar-refractivity contribution in [1.82, 2.24) is 21.9 Å². The second-order valence-corrected chi connectivity index (χ2v) is 10.4. The van der Waals surface area contributed by atoms with Crippen molar-refractivity contribution in [2.45, 2.75) is 16.0 Å². The minimum atomic E-state index is -4.54. The number of carbonyl (C=O) groups excluding carboxylic acids is 1. The highest BCUT2D eigenvalue weighted by Crippen LogP contribution is 2.39. The number of sulfonamides is 1. The summed E-state index contributed by atoms with van der Waals surface area (Å²) < 4.78 is 51.0. The molecule has 0 radical (unpaired) electrons. The quantitative estimate of drug-likeness (QED) is 0.200. The lowest BCUT2D eigenvalue weighted by atomic mass is 9.96. The van der Waals surface area contributed by atoms with Gasteiger partial charge in [-0.15, -0.1) is 0 Å². The lowest BCUT2D eigenvalue weighted by molar-refractivity contribution is -0.114. The zero-order chi connectivity index (χ0) is 23.5. The van der Waals surface area contributed by atoms with Gasteiger partial charge in [-0.05, 0) is 17.7 Å². The average Bonchev–Trinajstić information content (AvgIpc) is 3.27. The number of hydrogen-bond acceptors (Lipinski definition) is 11. The standard InChI is InChI=1S/C17H24N8O5S2/c18-7-8-31(27,28)13-6-5-11(10-3-1-2-4-12(10)21-14(26)9-19)15(16(13)32(20,29)30)17-22-24-25-23-17/h1-6,17,22-25H,7-9,18-19H2,(H,21,26)(H2,20,29,30). The van der Waals surface area contributed by atoms with Crippen molar-refractivity contribution in [2.75, 3.05) is 24.2 Å². The summed E-state index contributed by atoms with van der Waals surface area (Å²) >= 11 is 0. The fourth-order valence-corrected chi connectivity index (χ4v) is 6.14. The Bertz CT molecular complexity index is 1230. The molecule has 11 N–H and O–H groups in total. The maximum Gasteiger partial charge on any atom is 0.239 e. The van der Waals surface area contributed by atoms with Gasteiger partial charge in [0, 0.05) is 23.4 Å². The molecule has 1 aliphatic rings. The van der Waals surface area contributed by atoms with Crippen LogP contribution in [0.15, 0.2) is 46.2 Å². The van der Waals surface area contributed by atoms with Crippen molar-refractivity contribution in [3.8, 4) is 11.1 Å². The van der Waals surface area contributed by atoms with E-state index >= 15 is 0 Å². The third kappa shape index (κ3) is 4.96. The van der Waals surface area contributed by atoms with Crippen LogP contribution < -0.4 is 43.8 Å². The van der Waals surface area contributed by atoms with Crippen LogP contribution in [0.4, 0.5) is 5.69 Å². The third-order valence-corrected chi connectivity index (χ3v) is 7.55. The number of sulfone groups is 1. The Balaban J connectivity index is 2.38. The van der Waals surface area contributed by atoms with Crippen LogP contribution in [0.5, 0.6) is 0 Å². The van der Waals surface area contributed by atoms with Crippen LogP contribution in [0.25, 0.3) is 11.1 Å². The van der Waals surface area contributed by atoms with Crippen molar-refractivity contribution in [2.24, 2.45) is 16.6 Å². The van der Waals surface area contributed by atoms with E-state index in [-0.39, 0.29) is 18.7 Å². The summed E-state index contributed by atoms with van der Waals surface area (Å²) in [7, 11) is -8.61. The largest absolute Gasteiger partial charge is 0.329 e. The molecule has 0 bridgehead atoms. The molecule has 0 aromatic heterocycles. The summed E-state index contributed by atoms with van der Waals surface area (Å²) in [6, 6.07) is 9.21. The smallest absolute Gasteiger partial charge is 0.239 e. The number of anilines is 1. The van der Waals surface area contributed by atoms with Gasteiger partial charge in [0.2, 0.25) is 15.9 Å². The van der Waals surface area contributed by atoms with Gasteiger partial charge < -0.3 is 16.8 Å². The SMILES string of the molecule is NCCS(=O)(=O)c1ccc(-c2ccccc2NC(=O)CN)c(C2NNNN2)c1S(N)(=O)=O. The Morgan fingerprint density at radius 1 is 0.969 bits per heavy atom. The van der Waals surface area contributed by atoms with Crippen LogP contribution in [-0.4, -0.2) is 41.6 Å². The molecule has 32 heavy (non-hydrogen) atoms. The van der Waals surface area contributed by atoms with E-state index < -0.39 is 47.5 Å². The number of hydrazine groups is 3. The number of rotatable bonds is 8. The van der Waals surface area contributed by atoms with E-state index in [4.69, 9.17) is 16.6 Å². The summed E-state index contributed by atoms with van der Waals surface area (Å²) in [5, 5.41) is 8.15. The zero-order valence-electron chi connectivity index (χ0n) is 16.8. The number of para-hydroxylation sites is 1. The average molecular weight is 485 g/mol. The molecule has 0 aliphatic carbocycles. The van der Waals surface area contributed by atoms with Gasteiger partial charge in [-0.25, -0.2) is 32.8 Å². The number of primary sulfonamides is 1. The molecule has 174 valence electrons. The maximum absolute atomic E-state index is 12.8. The number of nitrogens with two attached hydrogens (primary N) is 3. The summed E-state index contributed by atoms with van der Waals surface area (Å²) in [5.41, 5.74) is 22.6. The Labute approximate surface area is 185 Å². The predicted molar refractivity (Wildman–Crippen MR) is 117 cm³/mol. The van der Waals surface area contributed by atoms with Crippen molar-refractivity contribution in [3.05, 3.63) is 42.0 Å². The van der Waals surface area contributed by atoms with Gasteiger partial charge in [0.1, 0.15) is 11.1 Å². The first-order chi connectivity index (χ1) is 15.1. The van der Waals surface area contributed by atoms with E-state index in [0.717, 1.165) is 0 Å². The minimum absolute atomic E-state index is 0.0255. The first-order valence-electron chi connectivity index (χ1n) is 9.33. The van der Waals surface area contributed by atoms with Crippen LogP contribution in [0.2, 0.25) is 0 Å². The molecule has 1 fully saturated rings. The van der Waals surface area contributed by atoms with Gasteiger partial charge in [-0.1, -0.05) is 24.3 Å². The highest BCUT2D eigenvalue weighted by Gasteiger charge is 2.34. The molecule has 1 amide bonds. The number of carbonyl (C=O) groups is 1. The zero-order valence-corrected chi connectivity index (χ0v) is 18.4. The van der Waals surface area contributed by atoms with Crippen LogP contribution in [-0.2, 0) is 24.7 Å². The first kappa shape index (κ1) is 24.2. The maximum atomic E-state index is 12.8. The first-order valence-corrected chi connectivity index (χ1v) is 12.5. The molecule has 0 atom stereocenters. The van der Waals surface area contributed by atoms with E-state index in [1.165, 1.54) is 12.1 Å². The Morgan fingerprint density at radius 3 is 2.22 bits per heavy atom. The van der Waals surface area contributed by atoms with E-state index in [1.54, 1.807) is 24.3 Å². The monoisotopic (exact) mass is 484 g/mol. The van der Waals surface area contributed by atoms with Gasteiger partial charge >= 0.3 is 0 Å². The highest BCUT2D eigenvalue weighted by molar-refractivity contribution is 7.93. The number of benzene rings is 2. The van der Waals surface area contributed by atoms with E-state index in [1.807, 2.05) is 0 Å². The number of amides is 1. The molecule has 2 aromatic rings. The second-order valence-electron chi connectivity index (χ2n) is 6.78. The van der Waals surface area contributed by atoms with Gasteiger partial charge in [0.25, 0.3) is 0 Å². The summed E-state index contributed by atoms with van der Waals surface area (Å²) in [6.07, 6.45) is -0.912. The van der Waals surface area contributed by atoms with Crippen LogP contribution in [0.3, 0.4) is 0 Å². The Morgan fingerprint density at radius 2 is 1.62 bits per heavy atom. The van der Waals surface area contributed by atoms with E-state index in [0.29, 0.717) is 16.8 Å². The molecule has 3 rings (SSSR count). The number of nitrogens with one attached hydrogen (secondary N) is 5. The van der Waals surface area contributed by atoms with Gasteiger partial charge in [-0.3, -0.25) is 4.79 Å². The molecule has 15 heteroatoms. The van der Waals surface area contributed by atoms with Gasteiger partial charge in [0.05, 0.1) is 17.2 Å². The molecular weight excluding hydrogens is 460 g/mol. The van der Waals surface area contributed by atoms with Crippen LogP contribution in [0, 0.1) is 0 Å². The lowest BCUT2D eigenvalue weighted by Crippen LogP contribution is -2.33. The van der Waals surface area contributed by atoms with Gasteiger partial charge in [0.15, 0.2) is 9.84 Å². The fourth-order valence-electron chi connectivity index (χ4n) is 3.33. The van der Waals surface area contributed by atoms with Crippen molar-refractivity contribution in [3.63, 3.8) is 0 Å². The molecule has 13 nitrogen and oxygen atoms in total. The molecule has 0 unspecified atom stereocenters. The van der Waals surface area contributed by atoms with Crippen molar-refractivity contribution >= 4 is 31.5 Å². The molecule has 1 saturated heterocycles. The molecule has 1 aliphatic heterocycles.